The van der Waals surface area contributed by atoms with Crippen LogP contribution in [0.3, 0.4) is 0 Å². The van der Waals surface area contributed by atoms with Crippen molar-refractivity contribution >= 4 is 17.8 Å². The molecule has 5 heteroatoms. The highest BCUT2D eigenvalue weighted by atomic mass is 16.3. The van der Waals surface area contributed by atoms with Gasteiger partial charge in [-0.1, -0.05) is 27.7 Å². The van der Waals surface area contributed by atoms with Crippen LogP contribution in [0.15, 0.2) is 16.6 Å². The first-order valence-electron chi connectivity index (χ1n) is 8.55. The van der Waals surface area contributed by atoms with Gasteiger partial charge in [-0.2, -0.15) is 0 Å². The molecule has 1 aromatic rings. The zero-order chi connectivity index (χ0) is 18.9. The van der Waals surface area contributed by atoms with Gasteiger partial charge in [-0.3, -0.25) is 14.6 Å². The van der Waals surface area contributed by atoms with Crippen molar-refractivity contribution in [1.82, 2.24) is 0 Å². The van der Waals surface area contributed by atoms with E-state index in [1.54, 1.807) is 20.8 Å². The van der Waals surface area contributed by atoms with E-state index in [1.165, 1.54) is 12.3 Å². The van der Waals surface area contributed by atoms with E-state index < -0.39 is 5.75 Å². The highest BCUT2D eigenvalue weighted by Crippen LogP contribution is 2.43. The van der Waals surface area contributed by atoms with Crippen LogP contribution in [-0.4, -0.2) is 34.5 Å². The molecule has 0 saturated heterocycles. The van der Waals surface area contributed by atoms with E-state index in [2.05, 4.69) is 18.8 Å². The van der Waals surface area contributed by atoms with Crippen LogP contribution in [0.5, 0.6) is 11.5 Å². The summed E-state index contributed by atoms with van der Waals surface area (Å²) in [6, 6.07) is 0. The van der Waals surface area contributed by atoms with Gasteiger partial charge in [-0.15, -0.1) is 0 Å². The van der Waals surface area contributed by atoms with Crippen molar-refractivity contribution in [3.05, 3.63) is 33.9 Å². The average molecular weight is 343 g/mol. The van der Waals surface area contributed by atoms with Gasteiger partial charge in [0.1, 0.15) is 0 Å². The lowest BCUT2D eigenvalue weighted by atomic mass is 9.80. The third-order valence-corrected chi connectivity index (χ3v) is 4.34. The number of aliphatic imine (C=N–C) groups is 1. The number of phenols is 2. The number of fused-ring (bicyclic) bond motifs is 1. The minimum Gasteiger partial charge on any atom is -0.504 e. The van der Waals surface area contributed by atoms with Gasteiger partial charge in [0, 0.05) is 40.6 Å². The summed E-state index contributed by atoms with van der Waals surface area (Å²) in [5.41, 5.74) is 1.05. The van der Waals surface area contributed by atoms with Crippen LogP contribution in [0.1, 0.15) is 78.8 Å². The maximum Gasteiger partial charge on any atom is 0.190 e. The van der Waals surface area contributed by atoms with E-state index in [1.807, 2.05) is 0 Å². The number of rotatable bonds is 5. The Kier molecular flexibility index (Phi) is 5.45. The number of carbonyl (C=O) groups is 2. The summed E-state index contributed by atoms with van der Waals surface area (Å²) in [6.45, 7) is 9.87. The summed E-state index contributed by atoms with van der Waals surface area (Å²) < 4.78 is 0. The van der Waals surface area contributed by atoms with Crippen molar-refractivity contribution < 1.29 is 19.8 Å². The number of aromatic hydroxyl groups is 2. The molecular formula is C20H25NO4. The first-order valence-corrected chi connectivity index (χ1v) is 8.55. The normalized spacial score (nSPS) is 14.6. The number of ketones is 2. The average Bonchev–Trinajstić information content (AvgIpc) is 2.51. The molecule has 0 bridgehead atoms. The van der Waals surface area contributed by atoms with Crippen LogP contribution in [0, 0.1) is 5.92 Å². The topological polar surface area (TPSA) is 87.0 Å². The lowest BCUT2D eigenvalue weighted by molar-refractivity contribution is 0.0982. The molecule has 0 unspecified atom stereocenters. The SMILES string of the molecule is CC1=CC(=O)c2c(C=NCCC(C)C)c(O)c(O)c(C(C)C)c2C1=O. The number of hydrogen-bond donors (Lipinski definition) is 2. The highest BCUT2D eigenvalue weighted by molar-refractivity contribution is 6.27. The molecule has 0 radical (unpaired) electrons. The quantitative estimate of drug-likeness (QED) is 0.624. The molecule has 134 valence electrons. The van der Waals surface area contributed by atoms with E-state index in [9.17, 15) is 19.8 Å². The molecule has 5 nitrogen and oxygen atoms in total. The van der Waals surface area contributed by atoms with Crippen molar-refractivity contribution in [2.45, 2.75) is 47.0 Å². The molecule has 0 atom stereocenters. The Labute approximate surface area is 148 Å². The Bertz CT molecular complexity index is 786. The third-order valence-electron chi connectivity index (χ3n) is 4.34. The second-order valence-electron chi connectivity index (χ2n) is 7.17. The Balaban J connectivity index is 2.70. The fraction of sp³-hybridized carbons (Fsp3) is 0.450. The number of benzene rings is 1. The number of Topliss-reactive ketones (excluding diaryl/α,β-unsaturated/α-hetero) is 1. The predicted octanol–water partition coefficient (Wildman–Crippen LogP) is 4.01. The smallest absolute Gasteiger partial charge is 0.190 e. The molecule has 2 N–H and O–H groups in total. The van der Waals surface area contributed by atoms with E-state index in [0.717, 1.165) is 6.42 Å². The van der Waals surface area contributed by atoms with Crippen molar-refractivity contribution in [2.24, 2.45) is 10.9 Å². The number of hydrogen-bond acceptors (Lipinski definition) is 5. The summed E-state index contributed by atoms with van der Waals surface area (Å²) >= 11 is 0. The van der Waals surface area contributed by atoms with E-state index in [0.29, 0.717) is 23.6 Å². The number of allylic oxidation sites excluding steroid dienone is 2. The standard InChI is InChI=1S/C20H25NO4/c1-10(2)6-7-21-9-13-16-14(22)8-12(5)18(23)17(16)15(11(3)4)20(25)19(13)24/h8-11,24-25H,6-7H2,1-5H3. The Morgan fingerprint density at radius 3 is 2.28 bits per heavy atom. The van der Waals surface area contributed by atoms with Crippen LogP contribution in [0.25, 0.3) is 0 Å². The molecule has 2 rings (SSSR count). The minimum absolute atomic E-state index is 0.114. The van der Waals surface area contributed by atoms with Gasteiger partial charge in [-0.25, -0.2) is 0 Å². The fourth-order valence-corrected chi connectivity index (χ4v) is 2.96. The van der Waals surface area contributed by atoms with Gasteiger partial charge in [0.25, 0.3) is 0 Å². The summed E-state index contributed by atoms with van der Waals surface area (Å²) in [5, 5.41) is 20.9. The summed E-state index contributed by atoms with van der Waals surface area (Å²) in [6.07, 6.45) is 3.53. The van der Waals surface area contributed by atoms with Crippen LogP contribution >= 0.6 is 0 Å². The van der Waals surface area contributed by atoms with Crippen LogP contribution in [0.2, 0.25) is 0 Å². The molecule has 0 spiro atoms. The van der Waals surface area contributed by atoms with Gasteiger partial charge < -0.3 is 10.2 Å². The summed E-state index contributed by atoms with van der Waals surface area (Å²) in [7, 11) is 0. The zero-order valence-corrected chi connectivity index (χ0v) is 15.4. The lowest BCUT2D eigenvalue weighted by Crippen LogP contribution is -2.21. The zero-order valence-electron chi connectivity index (χ0n) is 15.4. The van der Waals surface area contributed by atoms with Crippen LogP contribution in [0.4, 0.5) is 0 Å². The second-order valence-corrected chi connectivity index (χ2v) is 7.17. The second kappa shape index (κ2) is 7.21. The summed E-state index contributed by atoms with van der Waals surface area (Å²) in [5.74, 6) is -1.15. The molecule has 0 heterocycles. The molecule has 1 aliphatic carbocycles. The van der Waals surface area contributed by atoms with Crippen molar-refractivity contribution in [1.29, 1.82) is 0 Å². The molecule has 0 amide bonds. The van der Waals surface area contributed by atoms with Crippen molar-refractivity contribution in [3.8, 4) is 11.5 Å². The largest absolute Gasteiger partial charge is 0.504 e. The Morgan fingerprint density at radius 1 is 1.08 bits per heavy atom. The first kappa shape index (κ1) is 18.9. The molecule has 0 aliphatic heterocycles. The van der Waals surface area contributed by atoms with Crippen LogP contribution in [-0.2, 0) is 0 Å². The van der Waals surface area contributed by atoms with Gasteiger partial charge in [-0.05, 0) is 31.3 Å². The van der Waals surface area contributed by atoms with Crippen molar-refractivity contribution in [2.75, 3.05) is 6.54 Å². The maximum atomic E-state index is 12.7. The van der Waals surface area contributed by atoms with Gasteiger partial charge in [0.2, 0.25) is 0 Å². The molecule has 0 fully saturated rings. The predicted molar refractivity (Wildman–Crippen MR) is 98.2 cm³/mol. The minimum atomic E-state index is -0.398. The van der Waals surface area contributed by atoms with Gasteiger partial charge in [0.15, 0.2) is 23.1 Å². The number of phenolic OH excluding ortho intramolecular Hbond substituents is 2. The van der Waals surface area contributed by atoms with Gasteiger partial charge in [0.05, 0.1) is 0 Å². The monoisotopic (exact) mass is 343 g/mol. The van der Waals surface area contributed by atoms with Gasteiger partial charge >= 0.3 is 0 Å². The molecule has 1 aromatic carbocycles. The molecule has 1 aliphatic rings. The lowest BCUT2D eigenvalue weighted by Gasteiger charge is -2.23. The maximum absolute atomic E-state index is 12.7. The third kappa shape index (κ3) is 3.50. The molecule has 0 saturated carbocycles. The fourth-order valence-electron chi connectivity index (χ4n) is 2.96. The van der Waals surface area contributed by atoms with Crippen LogP contribution < -0.4 is 0 Å². The molecule has 0 aromatic heterocycles. The Morgan fingerprint density at radius 2 is 1.72 bits per heavy atom. The number of carbonyl (C=O) groups excluding carboxylic acids is 2. The first-order chi connectivity index (χ1) is 11.7. The molecular weight excluding hydrogens is 318 g/mol. The highest BCUT2D eigenvalue weighted by Gasteiger charge is 2.34. The van der Waals surface area contributed by atoms with Crippen molar-refractivity contribution in [3.63, 3.8) is 0 Å². The van der Waals surface area contributed by atoms with E-state index >= 15 is 0 Å². The summed E-state index contributed by atoms with van der Waals surface area (Å²) in [4.78, 5) is 29.5. The van der Waals surface area contributed by atoms with E-state index in [4.69, 9.17) is 0 Å². The number of nitrogens with zero attached hydrogens (tertiary/aromatic N) is 1. The molecule has 25 heavy (non-hydrogen) atoms. The van der Waals surface area contributed by atoms with E-state index in [-0.39, 0.29) is 39.9 Å². The Hall–Kier alpha value is -2.43.